The number of carbonyl (C=O) groups excluding carboxylic acids is 2. The molecule has 2 amide bonds. The summed E-state index contributed by atoms with van der Waals surface area (Å²) in [5.41, 5.74) is 0.986. The Labute approximate surface area is 207 Å². The van der Waals surface area contributed by atoms with E-state index < -0.39 is 36.2 Å². The first-order valence-corrected chi connectivity index (χ1v) is 12.7. The Hall–Kier alpha value is -3.02. The highest BCUT2D eigenvalue weighted by molar-refractivity contribution is 6.40. The van der Waals surface area contributed by atoms with Crippen molar-refractivity contribution >= 4 is 39.6 Å². The molecule has 3 heterocycles. The Kier molecular flexibility index (Phi) is 5.54. The fourth-order valence-corrected chi connectivity index (χ4v) is 7.29. The minimum atomic E-state index is -0.912. The van der Waals surface area contributed by atoms with E-state index in [1.807, 2.05) is 16.9 Å². The second-order valence-electron chi connectivity index (χ2n) is 11.1. The molecule has 4 saturated carbocycles. The van der Waals surface area contributed by atoms with Crippen LogP contribution in [0, 0.1) is 17.8 Å². The fourth-order valence-electron chi connectivity index (χ4n) is 7.29. The topological polar surface area (TPSA) is 165 Å². The van der Waals surface area contributed by atoms with Crippen LogP contribution in [0.4, 0.5) is 5.82 Å². The lowest BCUT2D eigenvalue weighted by molar-refractivity contribution is -0.148. The van der Waals surface area contributed by atoms with Crippen LogP contribution in [0.5, 0.6) is 0 Å². The zero-order chi connectivity index (χ0) is 25.2. The van der Waals surface area contributed by atoms with Gasteiger partial charge in [0.15, 0.2) is 5.82 Å². The second-order valence-corrected chi connectivity index (χ2v) is 11.1. The SMILES string of the molecule is CC(O)C[C@@H](CO)NC(=O)C(=O)Nc1nn([C@H]2[C@@H]3CC4C[C@H]2C[C@@](O)(C4)C3)c2c1cnc1[nH]ccc12. The quantitative estimate of drug-likeness (QED) is 0.279. The van der Waals surface area contributed by atoms with Crippen LogP contribution >= 0.6 is 0 Å². The molecule has 7 atom stereocenters. The van der Waals surface area contributed by atoms with Gasteiger partial charge in [0, 0.05) is 17.8 Å². The molecule has 36 heavy (non-hydrogen) atoms. The molecule has 7 rings (SSSR count). The van der Waals surface area contributed by atoms with Crippen molar-refractivity contribution in [3.05, 3.63) is 18.5 Å². The Balaban J connectivity index is 1.35. The maximum Gasteiger partial charge on any atom is 0.314 e. The van der Waals surface area contributed by atoms with Crippen molar-refractivity contribution in [1.29, 1.82) is 0 Å². The van der Waals surface area contributed by atoms with Crippen molar-refractivity contribution in [3.8, 4) is 0 Å². The van der Waals surface area contributed by atoms with Crippen LogP contribution in [-0.4, -0.2) is 71.2 Å². The molecule has 4 fully saturated rings. The van der Waals surface area contributed by atoms with E-state index in [1.165, 1.54) is 0 Å². The molecule has 4 bridgehead atoms. The summed E-state index contributed by atoms with van der Waals surface area (Å²) in [6, 6.07) is 1.29. The van der Waals surface area contributed by atoms with Crippen molar-refractivity contribution in [3.63, 3.8) is 0 Å². The number of anilines is 1. The van der Waals surface area contributed by atoms with Crippen molar-refractivity contribution < 1.29 is 24.9 Å². The summed E-state index contributed by atoms with van der Waals surface area (Å²) in [6.07, 6.45) is 7.37. The maximum atomic E-state index is 12.8. The standard InChI is InChI=1S/C25H32N6O5/c1-12(33)4-16(11-32)28-23(34)24(35)29-22-18-10-27-21-17(2-3-26-21)20(18)31(30-22)19-14-5-13-6-15(19)9-25(36,7-13)8-14/h2-3,10,12-16,19,32-33,36H,4-9,11H2,1H3,(H,26,27)(H,28,34)(H,29,30,35)/t12?,13?,14-,15+,16-,19+,25-/m0/s1. The summed E-state index contributed by atoms with van der Waals surface area (Å²) in [7, 11) is 0. The number of pyridine rings is 1. The number of amides is 2. The van der Waals surface area contributed by atoms with Crippen LogP contribution in [0.2, 0.25) is 0 Å². The molecule has 4 aliphatic carbocycles. The van der Waals surface area contributed by atoms with Gasteiger partial charge in [0.25, 0.3) is 0 Å². The van der Waals surface area contributed by atoms with Crippen molar-refractivity contribution in [2.75, 3.05) is 11.9 Å². The Morgan fingerprint density at radius 1 is 1.22 bits per heavy atom. The second kappa shape index (κ2) is 8.53. The van der Waals surface area contributed by atoms with Gasteiger partial charge in [0.05, 0.1) is 41.3 Å². The molecular formula is C25H32N6O5. The highest BCUT2D eigenvalue weighted by Crippen LogP contribution is 2.60. The predicted octanol–water partition coefficient (Wildman–Crippen LogP) is 1.21. The number of H-pyrrole nitrogens is 1. The Bertz CT molecular complexity index is 1320. The van der Waals surface area contributed by atoms with E-state index in [-0.39, 0.29) is 18.3 Å². The highest BCUT2D eigenvalue weighted by atomic mass is 16.3. The number of nitrogens with one attached hydrogen (secondary N) is 3. The lowest BCUT2D eigenvalue weighted by Gasteiger charge is -2.57. The van der Waals surface area contributed by atoms with Crippen LogP contribution in [0.1, 0.15) is 51.5 Å². The van der Waals surface area contributed by atoms with Gasteiger partial charge in [0.2, 0.25) is 0 Å². The smallest absolute Gasteiger partial charge is 0.314 e. The first kappa shape index (κ1) is 23.4. The summed E-state index contributed by atoms with van der Waals surface area (Å²) in [5.74, 6) is -0.426. The minimum absolute atomic E-state index is 0.0918. The van der Waals surface area contributed by atoms with E-state index in [0.717, 1.165) is 43.0 Å². The lowest BCUT2D eigenvalue weighted by atomic mass is 9.52. The average Bonchev–Trinajstić information content (AvgIpc) is 3.41. The number of aromatic amines is 1. The van der Waals surface area contributed by atoms with E-state index in [4.69, 9.17) is 5.10 Å². The molecule has 11 nitrogen and oxygen atoms in total. The fraction of sp³-hybridized carbons (Fsp3) is 0.600. The number of hydrogen-bond donors (Lipinski definition) is 6. The Morgan fingerprint density at radius 2 is 1.97 bits per heavy atom. The minimum Gasteiger partial charge on any atom is -0.394 e. The molecule has 2 unspecified atom stereocenters. The van der Waals surface area contributed by atoms with Crippen molar-refractivity contribution in [2.24, 2.45) is 17.8 Å². The van der Waals surface area contributed by atoms with Gasteiger partial charge >= 0.3 is 11.8 Å². The van der Waals surface area contributed by atoms with E-state index in [9.17, 15) is 24.9 Å². The molecule has 0 radical (unpaired) electrons. The van der Waals surface area contributed by atoms with Crippen molar-refractivity contribution in [2.45, 2.75) is 69.2 Å². The van der Waals surface area contributed by atoms with Crippen LogP contribution in [-0.2, 0) is 9.59 Å². The van der Waals surface area contributed by atoms with Gasteiger partial charge in [-0.05, 0) is 69.3 Å². The number of fused-ring (bicyclic) bond motifs is 3. The first-order valence-electron chi connectivity index (χ1n) is 12.7. The number of aliphatic hydroxyl groups excluding tert-OH is 2. The van der Waals surface area contributed by atoms with E-state index in [2.05, 4.69) is 20.6 Å². The van der Waals surface area contributed by atoms with Gasteiger partial charge in [-0.25, -0.2) is 4.98 Å². The number of aromatic nitrogens is 4. The largest absolute Gasteiger partial charge is 0.394 e. The number of rotatable bonds is 6. The van der Waals surface area contributed by atoms with Gasteiger partial charge in [0.1, 0.15) is 5.65 Å². The Morgan fingerprint density at radius 3 is 2.64 bits per heavy atom. The number of nitrogens with zero attached hydrogens (tertiary/aromatic N) is 3. The molecular weight excluding hydrogens is 464 g/mol. The third kappa shape index (κ3) is 3.86. The van der Waals surface area contributed by atoms with Crippen LogP contribution < -0.4 is 10.6 Å². The van der Waals surface area contributed by atoms with E-state index in [0.29, 0.717) is 28.8 Å². The number of hydrogen-bond acceptors (Lipinski definition) is 7. The summed E-state index contributed by atoms with van der Waals surface area (Å²) in [5, 5.41) is 41.6. The first-order chi connectivity index (χ1) is 17.2. The monoisotopic (exact) mass is 496 g/mol. The highest BCUT2D eigenvalue weighted by Gasteiger charge is 2.55. The zero-order valence-corrected chi connectivity index (χ0v) is 20.1. The molecule has 3 aromatic heterocycles. The molecule has 0 saturated heterocycles. The molecule has 0 spiro atoms. The maximum absolute atomic E-state index is 12.8. The normalized spacial score (nSPS) is 30.6. The third-order valence-electron chi connectivity index (χ3n) is 8.34. The summed E-state index contributed by atoms with van der Waals surface area (Å²) < 4.78 is 2.00. The molecule has 3 aromatic rings. The molecule has 4 aliphatic rings. The lowest BCUT2D eigenvalue weighted by Crippen LogP contribution is -2.55. The summed E-state index contributed by atoms with van der Waals surface area (Å²) in [6.45, 7) is 1.15. The summed E-state index contributed by atoms with van der Waals surface area (Å²) in [4.78, 5) is 33.0. The van der Waals surface area contributed by atoms with Gasteiger partial charge in [-0.15, -0.1) is 0 Å². The summed E-state index contributed by atoms with van der Waals surface area (Å²) >= 11 is 0. The van der Waals surface area contributed by atoms with Crippen LogP contribution in [0.3, 0.4) is 0 Å². The average molecular weight is 497 g/mol. The number of aliphatic hydroxyl groups is 3. The molecule has 0 aromatic carbocycles. The molecule has 192 valence electrons. The van der Waals surface area contributed by atoms with Crippen LogP contribution in [0.15, 0.2) is 18.5 Å². The van der Waals surface area contributed by atoms with E-state index >= 15 is 0 Å². The molecule has 6 N–H and O–H groups in total. The zero-order valence-electron chi connectivity index (χ0n) is 20.1. The van der Waals surface area contributed by atoms with Gasteiger partial charge < -0.3 is 30.9 Å². The van der Waals surface area contributed by atoms with Gasteiger partial charge in [-0.3, -0.25) is 14.3 Å². The third-order valence-corrected chi connectivity index (χ3v) is 8.34. The van der Waals surface area contributed by atoms with Gasteiger partial charge in [-0.1, -0.05) is 0 Å². The van der Waals surface area contributed by atoms with Gasteiger partial charge in [-0.2, -0.15) is 5.10 Å². The molecule has 0 aliphatic heterocycles. The predicted molar refractivity (Wildman–Crippen MR) is 131 cm³/mol. The molecule has 11 heteroatoms. The van der Waals surface area contributed by atoms with Crippen LogP contribution in [0.25, 0.3) is 21.9 Å². The van der Waals surface area contributed by atoms with Crippen molar-refractivity contribution in [1.82, 2.24) is 25.1 Å². The number of carbonyl (C=O) groups is 2. The van der Waals surface area contributed by atoms with E-state index in [1.54, 1.807) is 13.1 Å².